The third-order valence-corrected chi connectivity index (χ3v) is 4.22. The smallest absolute Gasteiger partial charge is 0.292 e. The number of benzene rings is 2. The summed E-state index contributed by atoms with van der Waals surface area (Å²) < 4.78 is 0. The van der Waals surface area contributed by atoms with E-state index >= 15 is 0 Å². The molecule has 6 nitrogen and oxygen atoms in total. The highest BCUT2D eigenvalue weighted by molar-refractivity contribution is 5.96. The maximum absolute atomic E-state index is 12.4. The molecular weight excluding hydrogens is 318 g/mol. The van der Waals surface area contributed by atoms with Crippen molar-refractivity contribution in [1.82, 2.24) is 4.90 Å². The molecule has 132 valence electrons. The van der Waals surface area contributed by atoms with Gasteiger partial charge in [-0.1, -0.05) is 42.5 Å². The maximum atomic E-state index is 12.4. The minimum absolute atomic E-state index is 0.102. The van der Waals surface area contributed by atoms with E-state index in [4.69, 9.17) is 0 Å². The van der Waals surface area contributed by atoms with E-state index in [1.807, 2.05) is 30.1 Å². The van der Waals surface area contributed by atoms with Crippen molar-refractivity contribution in [1.29, 1.82) is 0 Å². The molecule has 2 aromatic carbocycles. The van der Waals surface area contributed by atoms with Gasteiger partial charge in [0.25, 0.3) is 5.69 Å². The van der Waals surface area contributed by atoms with Crippen LogP contribution in [0.1, 0.15) is 18.9 Å². The molecule has 0 radical (unpaired) electrons. The highest BCUT2D eigenvalue weighted by Gasteiger charge is 2.21. The minimum atomic E-state index is -0.496. The highest BCUT2D eigenvalue weighted by atomic mass is 16.6. The summed E-state index contributed by atoms with van der Waals surface area (Å²) in [4.78, 5) is 24.9. The number of carbonyl (C=O) groups is 1. The standard InChI is InChI=1S/C19H23N3O3/c1-15(21(2)14-8-11-16-9-4-3-5-10-16)19(23)20-17-12-6-7-13-18(17)22(24)25/h3-7,9-10,12-13,15H,8,11,14H2,1-2H3,(H,20,23)/t15-/m0/s1. The van der Waals surface area contributed by atoms with Crippen molar-refractivity contribution in [2.75, 3.05) is 18.9 Å². The Hall–Kier alpha value is -2.73. The van der Waals surface area contributed by atoms with E-state index in [-0.39, 0.29) is 23.3 Å². The number of nitrogens with one attached hydrogen (secondary N) is 1. The van der Waals surface area contributed by atoms with Crippen molar-refractivity contribution < 1.29 is 9.72 Å². The van der Waals surface area contributed by atoms with Crippen LogP contribution in [0, 0.1) is 10.1 Å². The predicted molar refractivity (Wildman–Crippen MR) is 98.6 cm³/mol. The van der Waals surface area contributed by atoms with Crippen molar-refractivity contribution in [3.63, 3.8) is 0 Å². The average Bonchev–Trinajstić information content (AvgIpc) is 2.62. The van der Waals surface area contributed by atoms with Gasteiger partial charge >= 0.3 is 0 Å². The molecule has 1 atom stereocenters. The SMILES string of the molecule is C[C@@H](C(=O)Nc1ccccc1[N+](=O)[O-])N(C)CCCc1ccccc1. The molecule has 0 spiro atoms. The van der Waals surface area contributed by atoms with Crippen LogP contribution in [-0.2, 0) is 11.2 Å². The summed E-state index contributed by atoms with van der Waals surface area (Å²) in [6.07, 6.45) is 1.88. The number of anilines is 1. The Morgan fingerprint density at radius 3 is 2.48 bits per heavy atom. The Labute approximate surface area is 147 Å². The van der Waals surface area contributed by atoms with E-state index in [0.29, 0.717) is 0 Å². The van der Waals surface area contributed by atoms with Gasteiger partial charge in [0.2, 0.25) is 5.91 Å². The molecule has 0 heterocycles. The number of aryl methyl sites for hydroxylation is 1. The second-order valence-corrected chi connectivity index (χ2v) is 6.01. The summed E-state index contributed by atoms with van der Waals surface area (Å²) in [6, 6.07) is 16.0. The van der Waals surface area contributed by atoms with Crippen LogP contribution in [0.2, 0.25) is 0 Å². The minimum Gasteiger partial charge on any atom is -0.319 e. The zero-order chi connectivity index (χ0) is 18.2. The molecule has 1 N–H and O–H groups in total. The molecule has 1 amide bonds. The fourth-order valence-corrected chi connectivity index (χ4v) is 2.55. The molecule has 0 aliphatic carbocycles. The Morgan fingerprint density at radius 2 is 1.80 bits per heavy atom. The lowest BCUT2D eigenvalue weighted by Crippen LogP contribution is -2.40. The van der Waals surface area contributed by atoms with Gasteiger partial charge in [0, 0.05) is 6.07 Å². The molecule has 0 aliphatic rings. The summed E-state index contributed by atoms with van der Waals surface area (Å²) in [5.74, 6) is -0.253. The van der Waals surface area contributed by atoms with E-state index in [2.05, 4.69) is 17.4 Å². The Kier molecular flexibility index (Phi) is 6.65. The number of hydrogen-bond acceptors (Lipinski definition) is 4. The molecule has 25 heavy (non-hydrogen) atoms. The summed E-state index contributed by atoms with van der Waals surface area (Å²) >= 11 is 0. The fourth-order valence-electron chi connectivity index (χ4n) is 2.55. The largest absolute Gasteiger partial charge is 0.319 e. The van der Waals surface area contributed by atoms with Gasteiger partial charge in [0.15, 0.2) is 0 Å². The van der Waals surface area contributed by atoms with Crippen LogP contribution in [0.4, 0.5) is 11.4 Å². The second-order valence-electron chi connectivity index (χ2n) is 6.01. The quantitative estimate of drug-likeness (QED) is 0.589. The normalized spacial score (nSPS) is 12.0. The third kappa shape index (κ3) is 5.39. The predicted octanol–water partition coefficient (Wildman–Crippen LogP) is 3.49. The van der Waals surface area contributed by atoms with Crippen molar-refractivity contribution in [3.8, 4) is 0 Å². The Balaban J connectivity index is 1.87. The molecule has 0 saturated heterocycles. The summed E-state index contributed by atoms with van der Waals surface area (Å²) in [5, 5.41) is 13.7. The number of likely N-dealkylation sites (N-methyl/N-ethyl adjacent to an activating group) is 1. The summed E-state index contributed by atoms with van der Waals surface area (Å²) in [7, 11) is 1.88. The van der Waals surface area contributed by atoms with Gasteiger partial charge in [-0.05, 0) is 45.0 Å². The van der Waals surface area contributed by atoms with Gasteiger partial charge in [-0.3, -0.25) is 19.8 Å². The van der Waals surface area contributed by atoms with Crippen LogP contribution in [0.5, 0.6) is 0 Å². The number of para-hydroxylation sites is 2. The van der Waals surface area contributed by atoms with Crippen LogP contribution in [-0.4, -0.2) is 35.4 Å². The highest BCUT2D eigenvalue weighted by Crippen LogP contribution is 2.23. The van der Waals surface area contributed by atoms with Crippen LogP contribution < -0.4 is 5.32 Å². The van der Waals surface area contributed by atoms with Gasteiger partial charge < -0.3 is 5.32 Å². The van der Waals surface area contributed by atoms with E-state index in [1.165, 1.54) is 17.7 Å². The molecule has 0 aromatic heterocycles. The fraction of sp³-hybridized carbons (Fsp3) is 0.316. The van der Waals surface area contributed by atoms with Gasteiger partial charge in [-0.25, -0.2) is 0 Å². The van der Waals surface area contributed by atoms with Crippen LogP contribution >= 0.6 is 0 Å². The first-order chi connectivity index (χ1) is 12.0. The zero-order valence-electron chi connectivity index (χ0n) is 14.5. The van der Waals surface area contributed by atoms with Crippen molar-refractivity contribution in [3.05, 3.63) is 70.3 Å². The first-order valence-electron chi connectivity index (χ1n) is 8.27. The van der Waals surface area contributed by atoms with Crippen LogP contribution in [0.25, 0.3) is 0 Å². The van der Waals surface area contributed by atoms with Gasteiger partial charge in [-0.15, -0.1) is 0 Å². The molecular formula is C19H23N3O3. The molecule has 0 unspecified atom stereocenters. The average molecular weight is 341 g/mol. The molecule has 0 fully saturated rings. The second kappa shape index (κ2) is 8.94. The van der Waals surface area contributed by atoms with Crippen molar-refractivity contribution in [2.24, 2.45) is 0 Å². The zero-order valence-corrected chi connectivity index (χ0v) is 14.5. The number of hydrogen-bond donors (Lipinski definition) is 1. The monoisotopic (exact) mass is 341 g/mol. The van der Waals surface area contributed by atoms with E-state index in [9.17, 15) is 14.9 Å². The first-order valence-corrected chi connectivity index (χ1v) is 8.27. The van der Waals surface area contributed by atoms with E-state index in [1.54, 1.807) is 19.1 Å². The number of rotatable bonds is 8. The topological polar surface area (TPSA) is 75.5 Å². The third-order valence-electron chi connectivity index (χ3n) is 4.22. The van der Waals surface area contributed by atoms with Crippen molar-refractivity contribution in [2.45, 2.75) is 25.8 Å². The first kappa shape index (κ1) is 18.6. The number of amides is 1. The number of nitrogens with zero attached hydrogens (tertiary/aromatic N) is 2. The van der Waals surface area contributed by atoms with Gasteiger partial charge in [0.05, 0.1) is 11.0 Å². The lowest BCUT2D eigenvalue weighted by Gasteiger charge is -2.23. The lowest BCUT2D eigenvalue weighted by atomic mass is 10.1. The Morgan fingerprint density at radius 1 is 1.16 bits per heavy atom. The Bertz CT molecular complexity index is 719. The van der Waals surface area contributed by atoms with Gasteiger partial charge in [0.1, 0.15) is 5.69 Å². The maximum Gasteiger partial charge on any atom is 0.292 e. The molecule has 2 aromatic rings. The lowest BCUT2D eigenvalue weighted by molar-refractivity contribution is -0.383. The van der Waals surface area contributed by atoms with E-state index < -0.39 is 4.92 Å². The summed E-state index contributed by atoms with van der Waals surface area (Å²) in [6.45, 7) is 2.56. The molecule has 0 bridgehead atoms. The number of nitro groups is 1. The van der Waals surface area contributed by atoms with Crippen molar-refractivity contribution >= 4 is 17.3 Å². The van der Waals surface area contributed by atoms with Gasteiger partial charge in [-0.2, -0.15) is 0 Å². The van der Waals surface area contributed by atoms with E-state index in [0.717, 1.165) is 19.4 Å². The van der Waals surface area contributed by atoms with Crippen LogP contribution in [0.3, 0.4) is 0 Å². The molecule has 6 heteroatoms. The number of nitro benzene ring substituents is 1. The number of carbonyl (C=O) groups excluding carboxylic acids is 1. The van der Waals surface area contributed by atoms with Crippen LogP contribution in [0.15, 0.2) is 54.6 Å². The summed E-state index contributed by atoms with van der Waals surface area (Å²) in [5.41, 5.74) is 1.39. The molecule has 0 aliphatic heterocycles. The molecule has 0 saturated carbocycles. The molecule has 2 rings (SSSR count).